The number of pyridine rings is 1. The highest BCUT2D eigenvalue weighted by Crippen LogP contribution is 2.38. The third-order valence-corrected chi connectivity index (χ3v) is 4.82. The lowest BCUT2D eigenvalue weighted by Crippen LogP contribution is -2.60. The van der Waals surface area contributed by atoms with Gasteiger partial charge in [-0.15, -0.1) is 0 Å². The van der Waals surface area contributed by atoms with Crippen molar-refractivity contribution in [3.05, 3.63) is 29.8 Å². The summed E-state index contributed by atoms with van der Waals surface area (Å²) in [4.78, 5) is 6.53. The summed E-state index contributed by atoms with van der Waals surface area (Å²) in [5.41, 5.74) is 1.22. The molecule has 3 rings (SSSR count). The van der Waals surface area contributed by atoms with E-state index in [-0.39, 0.29) is 11.2 Å². The van der Waals surface area contributed by atoms with E-state index < -0.39 is 0 Å². The average Bonchev–Trinajstić information content (AvgIpc) is 3.22. The van der Waals surface area contributed by atoms with Gasteiger partial charge < -0.3 is 5.32 Å². The van der Waals surface area contributed by atoms with E-state index in [1.54, 1.807) is 12.3 Å². The Balaban J connectivity index is 1.74. The normalized spacial score (nSPS) is 27.8. The van der Waals surface area contributed by atoms with Gasteiger partial charge in [-0.3, -0.25) is 9.88 Å². The van der Waals surface area contributed by atoms with E-state index in [1.807, 2.05) is 0 Å². The third-order valence-electron chi connectivity index (χ3n) is 4.82. The number of hydrogen-bond acceptors (Lipinski definition) is 3. The van der Waals surface area contributed by atoms with Gasteiger partial charge in [-0.1, -0.05) is 20.8 Å². The summed E-state index contributed by atoms with van der Waals surface area (Å²) in [7, 11) is 0. The van der Waals surface area contributed by atoms with Gasteiger partial charge in [0.2, 0.25) is 0 Å². The summed E-state index contributed by atoms with van der Waals surface area (Å²) >= 11 is 0. The van der Waals surface area contributed by atoms with Crippen LogP contribution in [0.2, 0.25) is 0 Å². The smallest absolute Gasteiger partial charge is 0.141 e. The molecule has 1 aromatic heterocycles. The Bertz CT molecular complexity index is 493. The number of nitrogens with one attached hydrogen (secondary N) is 1. The van der Waals surface area contributed by atoms with Crippen molar-refractivity contribution in [2.45, 2.75) is 52.2 Å². The molecule has 1 N–H and O–H groups in total. The molecule has 1 aliphatic heterocycles. The van der Waals surface area contributed by atoms with Crippen molar-refractivity contribution in [3.63, 3.8) is 0 Å². The molecule has 2 unspecified atom stereocenters. The maximum Gasteiger partial charge on any atom is 0.141 e. The molecule has 2 fully saturated rings. The minimum Gasteiger partial charge on any atom is -0.311 e. The molecule has 116 valence electrons. The van der Waals surface area contributed by atoms with Crippen LogP contribution in [0.1, 0.15) is 39.2 Å². The second-order valence-electron chi connectivity index (χ2n) is 7.67. The lowest BCUT2D eigenvalue weighted by atomic mass is 9.84. The molecule has 2 atom stereocenters. The van der Waals surface area contributed by atoms with Gasteiger partial charge in [0.25, 0.3) is 0 Å². The van der Waals surface area contributed by atoms with Crippen molar-refractivity contribution < 1.29 is 4.39 Å². The van der Waals surface area contributed by atoms with E-state index in [0.29, 0.717) is 12.1 Å². The number of hydrogen-bond donors (Lipinski definition) is 1. The van der Waals surface area contributed by atoms with Gasteiger partial charge in [0.15, 0.2) is 0 Å². The van der Waals surface area contributed by atoms with Crippen LogP contribution in [0.5, 0.6) is 0 Å². The van der Waals surface area contributed by atoms with Gasteiger partial charge in [0.05, 0.1) is 6.20 Å². The average molecular weight is 291 g/mol. The fraction of sp³-hybridized carbons (Fsp3) is 0.706. The molecule has 21 heavy (non-hydrogen) atoms. The predicted octanol–water partition coefficient (Wildman–Crippen LogP) is 2.82. The van der Waals surface area contributed by atoms with Crippen LogP contribution in [0, 0.1) is 17.2 Å². The minimum absolute atomic E-state index is 0.238. The summed E-state index contributed by atoms with van der Waals surface area (Å²) in [6.07, 6.45) is 5.74. The highest BCUT2D eigenvalue weighted by atomic mass is 19.1. The van der Waals surface area contributed by atoms with E-state index in [4.69, 9.17) is 0 Å². The van der Waals surface area contributed by atoms with E-state index in [2.05, 4.69) is 36.0 Å². The Labute approximate surface area is 126 Å². The fourth-order valence-electron chi connectivity index (χ4n) is 3.31. The molecular formula is C17H26FN3. The van der Waals surface area contributed by atoms with Crippen molar-refractivity contribution in [1.29, 1.82) is 0 Å². The van der Waals surface area contributed by atoms with Crippen LogP contribution in [0.25, 0.3) is 0 Å². The highest BCUT2D eigenvalue weighted by Gasteiger charge is 2.41. The Morgan fingerprint density at radius 1 is 1.33 bits per heavy atom. The molecule has 0 spiro atoms. The van der Waals surface area contributed by atoms with Crippen molar-refractivity contribution in [1.82, 2.24) is 15.2 Å². The molecule has 2 heterocycles. The Morgan fingerprint density at radius 2 is 2.10 bits per heavy atom. The molecule has 1 saturated carbocycles. The molecule has 0 radical (unpaired) electrons. The second-order valence-corrected chi connectivity index (χ2v) is 7.67. The predicted molar refractivity (Wildman–Crippen MR) is 82.4 cm³/mol. The van der Waals surface area contributed by atoms with Crippen molar-refractivity contribution in [2.24, 2.45) is 11.3 Å². The summed E-state index contributed by atoms with van der Waals surface area (Å²) in [6.45, 7) is 9.73. The number of aromatic nitrogens is 1. The van der Waals surface area contributed by atoms with Gasteiger partial charge >= 0.3 is 0 Å². The quantitative estimate of drug-likeness (QED) is 0.928. The first-order valence-corrected chi connectivity index (χ1v) is 8.00. The van der Waals surface area contributed by atoms with E-state index in [9.17, 15) is 4.39 Å². The fourth-order valence-corrected chi connectivity index (χ4v) is 3.31. The molecule has 1 aromatic rings. The van der Waals surface area contributed by atoms with Gasteiger partial charge in [-0.25, -0.2) is 4.39 Å². The number of rotatable bonds is 3. The summed E-state index contributed by atoms with van der Waals surface area (Å²) in [6, 6.07) is 2.69. The lowest BCUT2D eigenvalue weighted by Gasteiger charge is -2.45. The molecule has 1 aliphatic carbocycles. The Kier molecular flexibility index (Phi) is 4.02. The molecule has 2 aliphatic rings. The van der Waals surface area contributed by atoms with Crippen LogP contribution in [-0.2, 0) is 6.54 Å². The lowest BCUT2D eigenvalue weighted by molar-refractivity contribution is 0.0687. The van der Waals surface area contributed by atoms with Crippen LogP contribution >= 0.6 is 0 Å². The van der Waals surface area contributed by atoms with Crippen LogP contribution in [0.4, 0.5) is 4.39 Å². The number of halogens is 1. The first kappa shape index (κ1) is 14.9. The zero-order chi connectivity index (χ0) is 15.0. The van der Waals surface area contributed by atoms with E-state index in [1.165, 1.54) is 19.0 Å². The maximum atomic E-state index is 13.4. The first-order valence-electron chi connectivity index (χ1n) is 8.00. The molecule has 4 heteroatoms. The number of nitrogens with zero attached hydrogens (tertiary/aromatic N) is 2. The monoisotopic (exact) mass is 291 g/mol. The van der Waals surface area contributed by atoms with E-state index in [0.717, 1.165) is 31.1 Å². The van der Waals surface area contributed by atoms with Crippen LogP contribution in [-0.4, -0.2) is 35.1 Å². The van der Waals surface area contributed by atoms with Gasteiger partial charge in [0, 0.05) is 37.9 Å². The molecule has 0 aromatic carbocycles. The first-order chi connectivity index (χ1) is 9.93. The van der Waals surface area contributed by atoms with Crippen LogP contribution < -0.4 is 5.32 Å². The largest absolute Gasteiger partial charge is 0.311 e. The molecule has 1 saturated heterocycles. The van der Waals surface area contributed by atoms with Crippen LogP contribution in [0.3, 0.4) is 0 Å². The minimum atomic E-state index is -0.238. The van der Waals surface area contributed by atoms with Crippen molar-refractivity contribution >= 4 is 0 Å². The van der Waals surface area contributed by atoms with Gasteiger partial charge in [-0.2, -0.15) is 0 Å². The Morgan fingerprint density at radius 3 is 2.71 bits per heavy atom. The Hall–Kier alpha value is -1.00. The highest BCUT2D eigenvalue weighted by molar-refractivity contribution is 5.11. The van der Waals surface area contributed by atoms with Gasteiger partial charge in [-0.05, 0) is 35.8 Å². The zero-order valence-electron chi connectivity index (χ0n) is 13.3. The van der Waals surface area contributed by atoms with Gasteiger partial charge in [0.1, 0.15) is 5.82 Å². The molecule has 0 amide bonds. The van der Waals surface area contributed by atoms with Crippen molar-refractivity contribution in [2.75, 3.05) is 13.1 Å². The molecule has 0 bridgehead atoms. The van der Waals surface area contributed by atoms with E-state index >= 15 is 0 Å². The molecular weight excluding hydrogens is 265 g/mol. The van der Waals surface area contributed by atoms with Crippen molar-refractivity contribution in [3.8, 4) is 0 Å². The SMILES string of the molecule is CC(C)(C)C1CN(Cc2cncc(F)c2)C(C2CC2)CN1. The maximum absolute atomic E-state index is 13.4. The molecule has 3 nitrogen and oxygen atoms in total. The van der Waals surface area contributed by atoms with Crippen LogP contribution in [0.15, 0.2) is 18.5 Å². The topological polar surface area (TPSA) is 28.2 Å². The third kappa shape index (κ3) is 3.61. The summed E-state index contributed by atoms with van der Waals surface area (Å²) < 4.78 is 13.4. The summed E-state index contributed by atoms with van der Waals surface area (Å²) in [5, 5.41) is 3.73. The summed E-state index contributed by atoms with van der Waals surface area (Å²) in [5.74, 6) is 0.581. The zero-order valence-corrected chi connectivity index (χ0v) is 13.3. The standard InChI is InChI=1S/C17H26FN3/c1-17(2,3)16-11-21(15(9-20-16)13-4-5-13)10-12-6-14(18)8-19-7-12/h6-8,13,15-16,20H,4-5,9-11H2,1-3H3. The number of piperazine rings is 1. The second kappa shape index (κ2) is 5.65.